The number of nitrogen functional groups attached to an aromatic ring is 1. The van der Waals surface area contributed by atoms with Crippen molar-refractivity contribution in [3.63, 3.8) is 0 Å². The molecule has 0 amide bonds. The quantitative estimate of drug-likeness (QED) is 0.868. The number of nitrogens with two attached hydrogens (primary N) is 1. The van der Waals surface area contributed by atoms with Crippen LogP contribution in [0.15, 0.2) is 12.3 Å². The molecule has 1 unspecified atom stereocenters. The third-order valence-electron chi connectivity index (χ3n) is 3.35. The number of piperidine rings is 1. The zero-order valence-electron chi connectivity index (χ0n) is 10.6. The first-order valence-electron chi connectivity index (χ1n) is 6.22. The standard InChI is InChI=1S/C13H21N3O/c1-10-7-12(14)13(15-8-10)17-9-11-5-3-4-6-16(11)2/h7-8,11H,3-6,9,14H2,1-2H3. The number of aromatic nitrogens is 1. The van der Waals surface area contributed by atoms with Gasteiger partial charge in [0.2, 0.25) is 5.88 Å². The average Bonchev–Trinajstić information content (AvgIpc) is 2.30. The van der Waals surface area contributed by atoms with Crippen LogP contribution in [0.2, 0.25) is 0 Å². The van der Waals surface area contributed by atoms with Crippen molar-refractivity contribution in [1.82, 2.24) is 9.88 Å². The van der Waals surface area contributed by atoms with Crippen molar-refractivity contribution in [2.24, 2.45) is 0 Å². The van der Waals surface area contributed by atoms with E-state index in [0.717, 1.165) is 12.1 Å². The van der Waals surface area contributed by atoms with Crippen LogP contribution in [0.3, 0.4) is 0 Å². The molecule has 1 aliphatic heterocycles. The molecule has 4 nitrogen and oxygen atoms in total. The van der Waals surface area contributed by atoms with Crippen molar-refractivity contribution in [3.05, 3.63) is 17.8 Å². The number of nitrogens with zero attached hydrogens (tertiary/aromatic N) is 2. The molecule has 0 aromatic carbocycles. The Balaban J connectivity index is 1.92. The first kappa shape index (κ1) is 12.2. The first-order chi connectivity index (χ1) is 8.16. The fraction of sp³-hybridized carbons (Fsp3) is 0.615. The molecule has 4 heteroatoms. The van der Waals surface area contributed by atoms with E-state index in [-0.39, 0.29) is 0 Å². The maximum absolute atomic E-state index is 5.87. The fourth-order valence-corrected chi connectivity index (χ4v) is 2.23. The lowest BCUT2D eigenvalue weighted by Crippen LogP contribution is -2.40. The van der Waals surface area contributed by atoms with E-state index >= 15 is 0 Å². The molecule has 1 aromatic heterocycles. The van der Waals surface area contributed by atoms with Crippen LogP contribution in [0.5, 0.6) is 5.88 Å². The van der Waals surface area contributed by atoms with Gasteiger partial charge in [0.1, 0.15) is 6.61 Å². The molecule has 94 valence electrons. The second-order valence-corrected chi connectivity index (χ2v) is 4.85. The lowest BCUT2D eigenvalue weighted by Gasteiger charge is -2.32. The van der Waals surface area contributed by atoms with E-state index in [0.29, 0.717) is 24.2 Å². The Labute approximate surface area is 103 Å². The molecule has 0 bridgehead atoms. The molecule has 2 N–H and O–H groups in total. The molecule has 17 heavy (non-hydrogen) atoms. The van der Waals surface area contributed by atoms with Crippen molar-refractivity contribution >= 4 is 5.69 Å². The summed E-state index contributed by atoms with van der Waals surface area (Å²) in [6.07, 6.45) is 5.56. The molecule has 1 aromatic rings. The third-order valence-corrected chi connectivity index (χ3v) is 3.35. The van der Waals surface area contributed by atoms with Crippen LogP contribution in [-0.2, 0) is 0 Å². The van der Waals surface area contributed by atoms with Gasteiger partial charge in [0.15, 0.2) is 0 Å². The van der Waals surface area contributed by atoms with E-state index in [9.17, 15) is 0 Å². The second-order valence-electron chi connectivity index (χ2n) is 4.85. The highest BCUT2D eigenvalue weighted by atomic mass is 16.5. The number of anilines is 1. The lowest BCUT2D eigenvalue weighted by atomic mass is 10.0. The Hall–Kier alpha value is -1.29. The number of aryl methyl sites for hydroxylation is 1. The van der Waals surface area contributed by atoms with Crippen LogP contribution >= 0.6 is 0 Å². The molecule has 1 atom stereocenters. The highest BCUT2D eigenvalue weighted by Gasteiger charge is 2.19. The van der Waals surface area contributed by atoms with E-state index in [1.54, 1.807) is 6.20 Å². The smallest absolute Gasteiger partial charge is 0.237 e. The monoisotopic (exact) mass is 235 g/mol. The highest BCUT2D eigenvalue weighted by molar-refractivity contribution is 5.49. The van der Waals surface area contributed by atoms with Gasteiger partial charge in [0.05, 0.1) is 5.69 Å². The molecule has 2 heterocycles. The van der Waals surface area contributed by atoms with Crippen molar-refractivity contribution < 1.29 is 4.74 Å². The first-order valence-corrected chi connectivity index (χ1v) is 6.22. The number of rotatable bonds is 3. The second kappa shape index (κ2) is 5.36. The summed E-state index contributed by atoms with van der Waals surface area (Å²) in [5, 5.41) is 0. The summed E-state index contributed by atoms with van der Waals surface area (Å²) in [6.45, 7) is 3.81. The Kier molecular flexibility index (Phi) is 3.84. The Bertz CT molecular complexity index is 381. The van der Waals surface area contributed by atoms with Crippen molar-refractivity contribution in [3.8, 4) is 5.88 Å². The number of hydrogen-bond donors (Lipinski definition) is 1. The van der Waals surface area contributed by atoms with Gasteiger partial charge in [0, 0.05) is 12.2 Å². The summed E-state index contributed by atoms with van der Waals surface area (Å²) in [4.78, 5) is 6.58. The summed E-state index contributed by atoms with van der Waals surface area (Å²) in [6, 6.07) is 2.39. The highest BCUT2D eigenvalue weighted by Crippen LogP contribution is 2.21. The van der Waals surface area contributed by atoms with Gasteiger partial charge < -0.3 is 15.4 Å². The number of hydrogen-bond acceptors (Lipinski definition) is 4. The summed E-state index contributed by atoms with van der Waals surface area (Å²) < 4.78 is 5.72. The summed E-state index contributed by atoms with van der Waals surface area (Å²) in [7, 11) is 2.15. The predicted molar refractivity (Wildman–Crippen MR) is 69.2 cm³/mol. The van der Waals surface area contributed by atoms with Crippen LogP contribution in [0.4, 0.5) is 5.69 Å². The topological polar surface area (TPSA) is 51.4 Å². The van der Waals surface area contributed by atoms with Gasteiger partial charge in [-0.3, -0.25) is 0 Å². The van der Waals surface area contributed by atoms with Gasteiger partial charge in [-0.1, -0.05) is 6.42 Å². The van der Waals surface area contributed by atoms with E-state index in [1.165, 1.54) is 19.3 Å². The molecule has 0 spiro atoms. The zero-order chi connectivity index (χ0) is 12.3. The van der Waals surface area contributed by atoms with E-state index in [1.807, 2.05) is 13.0 Å². The predicted octanol–water partition coefficient (Wildman–Crippen LogP) is 1.84. The minimum atomic E-state index is 0.492. The SMILES string of the molecule is Cc1cnc(OCC2CCCCN2C)c(N)c1. The maximum atomic E-state index is 5.87. The number of pyridine rings is 1. The minimum Gasteiger partial charge on any atom is -0.475 e. The molecule has 0 saturated carbocycles. The molecule has 0 aliphatic carbocycles. The average molecular weight is 235 g/mol. The van der Waals surface area contributed by atoms with Crippen LogP contribution in [0.1, 0.15) is 24.8 Å². The van der Waals surface area contributed by atoms with Gasteiger partial charge in [-0.2, -0.15) is 0 Å². The molecule has 1 aliphatic rings. The summed E-state index contributed by atoms with van der Waals surface area (Å²) in [5.41, 5.74) is 7.56. The van der Waals surface area contributed by atoms with Gasteiger partial charge in [0.25, 0.3) is 0 Å². The summed E-state index contributed by atoms with van der Waals surface area (Å²) >= 11 is 0. The molecular weight excluding hydrogens is 214 g/mol. The van der Waals surface area contributed by atoms with Crippen LogP contribution in [-0.4, -0.2) is 36.1 Å². The van der Waals surface area contributed by atoms with Crippen LogP contribution in [0, 0.1) is 6.92 Å². The van der Waals surface area contributed by atoms with E-state index in [4.69, 9.17) is 10.5 Å². The normalized spacial score (nSPS) is 21.4. The maximum Gasteiger partial charge on any atom is 0.237 e. The zero-order valence-corrected chi connectivity index (χ0v) is 10.6. The Morgan fingerprint density at radius 3 is 3.06 bits per heavy atom. The largest absolute Gasteiger partial charge is 0.475 e. The molecule has 1 fully saturated rings. The van der Waals surface area contributed by atoms with Gasteiger partial charge in [-0.25, -0.2) is 4.98 Å². The Morgan fingerprint density at radius 1 is 1.53 bits per heavy atom. The molecule has 1 saturated heterocycles. The molecular formula is C13H21N3O. The Morgan fingerprint density at radius 2 is 2.35 bits per heavy atom. The minimum absolute atomic E-state index is 0.492. The van der Waals surface area contributed by atoms with Crippen molar-refractivity contribution in [2.75, 3.05) is 25.9 Å². The van der Waals surface area contributed by atoms with Gasteiger partial charge in [-0.15, -0.1) is 0 Å². The van der Waals surface area contributed by atoms with Gasteiger partial charge >= 0.3 is 0 Å². The number of ether oxygens (including phenoxy) is 1. The third kappa shape index (κ3) is 3.09. The summed E-state index contributed by atoms with van der Waals surface area (Å²) in [5.74, 6) is 0.564. The lowest BCUT2D eigenvalue weighted by molar-refractivity contribution is 0.123. The number of likely N-dealkylation sites (tertiary alicyclic amines) is 1. The van der Waals surface area contributed by atoms with E-state index < -0.39 is 0 Å². The van der Waals surface area contributed by atoms with Crippen LogP contribution < -0.4 is 10.5 Å². The van der Waals surface area contributed by atoms with E-state index in [2.05, 4.69) is 16.9 Å². The fourth-order valence-electron chi connectivity index (χ4n) is 2.23. The van der Waals surface area contributed by atoms with Crippen molar-refractivity contribution in [2.45, 2.75) is 32.2 Å². The number of likely N-dealkylation sites (N-methyl/N-ethyl adjacent to an activating group) is 1. The van der Waals surface area contributed by atoms with Crippen LogP contribution in [0.25, 0.3) is 0 Å². The van der Waals surface area contributed by atoms with Gasteiger partial charge in [-0.05, 0) is 45.0 Å². The van der Waals surface area contributed by atoms with Crippen molar-refractivity contribution in [1.29, 1.82) is 0 Å². The molecule has 0 radical (unpaired) electrons. The molecule has 2 rings (SSSR count).